The summed E-state index contributed by atoms with van der Waals surface area (Å²) in [5.41, 5.74) is 1.68. The van der Waals surface area contributed by atoms with E-state index in [0.29, 0.717) is 5.41 Å². The summed E-state index contributed by atoms with van der Waals surface area (Å²) in [6, 6.07) is 8.32. The molecule has 2 aliphatic rings. The molecule has 0 unspecified atom stereocenters. The van der Waals surface area contributed by atoms with Crippen molar-refractivity contribution in [1.29, 1.82) is 0 Å². The number of rotatable bonds is 1. The molecule has 3 rings (SSSR count). The highest BCUT2D eigenvalue weighted by molar-refractivity contribution is 7.72. The third-order valence-electron chi connectivity index (χ3n) is 4.17. The molecule has 0 aromatic heterocycles. The van der Waals surface area contributed by atoms with E-state index < -0.39 is 7.14 Å². The van der Waals surface area contributed by atoms with E-state index in [1.165, 1.54) is 12.0 Å². The lowest BCUT2D eigenvalue weighted by Crippen LogP contribution is -2.10. The van der Waals surface area contributed by atoms with E-state index in [1.807, 2.05) is 0 Å². The second-order valence-electron chi connectivity index (χ2n) is 5.62. The van der Waals surface area contributed by atoms with Gasteiger partial charge < -0.3 is 4.57 Å². The first-order chi connectivity index (χ1) is 7.02. The lowest BCUT2D eigenvalue weighted by molar-refractivity contribution is 0.574. The van der Waals surface area contributed by atoms with Crippen molar-refractivity contribution in [2.24, 2.45) is 11.3 Å². The molecule has 1 heterocycles. The standard InChI is InChI=1S/C13H17OP/c1-10-3-5-12(6-4-10)15(14)8-11-7-13(11,2)9-15/h3-6,11H,7-9H2,1-2H3/t11-,13+,15-/m1/s1. The summed E-state index contributed by atoms with van der Waals surface area (Å²) in [6.07, 6.45) is 3.23. The van der Waals surface area contributed by atoms with Gasteiger partial charge in [0.1, 0.15) is 7.14 Å². The number of hydrogen-bond donors (Lipinski definition) is 0. The Hall–Kier alpha value is -0.550. The Bertz CT molecular complexity index is 448. The minimum Gasteiger partial charge on any atom is -0.319 e. The highest BCUT2D eigenvalue weighted by Gasteiger charge is 2.61. The minimum atomic E-state index is -2.01. The van der Waals surface area contributed by atoms with Crippen LogP contribution in [0.3, 0.4) is 0 Å². The van der Waals surface area contributed by atoms with Gasteiger partial charge in [-0.15, -0.1) is 0 Å². The quantitative estimate of drug-likeness (QED) is 0.665. The first kappa shape index (κ1) is 9.66. The molecular weight excluding hydrogens is 203 g/mol. The molecule has 15 heavy (non-hydrogen) atoms. The van der Waals surface area contributed by atoms with Gasteiger partial charge in [0, 0.05) is 17.6 Å². The van der Waals surface area contributed by atoms with Crippen LogP contribution in [-0.4, -0.2) is 12.3 Å². The van der Waals surface area contributed by atoms with Crippen molar-refractivity contribution < 1.29 is 4.57 Å². The Morgan fingerprint density at radius 2 is 2.00 bits per heavy atom. The Morgan fingerprint density at radius 1 is 1.33 bits per heavy atom. The van der Waals surface area contributed by atoms with Crippen LogP contribution in [0.1, 0.15) is 18.9 Å². The van der Waals surface area contributed by atoms with Crippen LogP contribution < -0.4 is 5.30 Å². The van der Waals surface area contributed by atoms with Crippen molar-refractivity contribution in [2.45, 2.75) is 20.3 Å². The van der Waals surface area contributed by atoms with Gasteiger partial charge in [0.25, 0.3) is 0 Å². The fourth-order valence-corrected chi connectivity index (χ4v) is 7.05. The van der Waals surface area contributed by atoms with E-state index in [1.54, 1.807) is 0 Å². The summed E-state index contributed by atoms with van der Waals surface area (Å²) in [6.45, 7) is 4.37. The molecule has 0 amide bonds. The van der Waals surface area contributed by atoms with Crippen LogP contribution in [0.4, 0.5) is 0 Å². The molecule has 80 valence electrons. The van der Waals surface area contributed by atoms with Crippen LogP contribution in [-0.2, 0) is 4.57 Å². The molecule has 1 saturated heterocycles. The van der Waals surface area contributed by atoms with Crippen LogP contribution in [0.25, 0.3) is 0 Å². The molecule has 2 fully saturated rings. The Kier molecular flexibility index (Phi) is 1.78. The van der Waals surface area contributed by atoms with Gasteiger partial charge in [0.15, 0.2) is 0 Å². The van der Waals surface area contributed by atoms with Gasteiger partial charge in [-0.05, 0) is 24.7 Å². The smallest absolute Gasteiger partial charge is 0.116 e. The van der Waals surface area contributed by atoms with Gasteiger partial charge in [-0.25, -0.2) is 0 Å². The van der Waals surface area contributed by atoms with Gasteiger partial charge in [-0.1, -0.05) is 36.8 Å². The summed E-state index contributed by atoms with van der Waals surface area (Å²) in [4.78, 5) is 0. The topological polar surface area (TPSA) is 17.1 Å². The highest BCUT2D eigenvalue weighted by Crippen LogP contribution is 2.72. The molecule has 1 saturated carbocycles. The van der Waals surface area contributed by atoms with Crippen LogP contribution in [0.15, 0.2) is 24.3 Å². The zero-order valence-corrected chi connectivity index (χ0v) is 10.3. The van der Waals surface area contributed by atoms with E-state index in [0.717, 1.165) is 23.5 Å². The molecule has 2 heteroatoms. The van der Waals surface area contributed by atoms with Gasteiger partial charge in [0.05, 0.1) is 0 Å². The predicted octanol–water partition coefficient (Wildman–Crippen LogP) is 3.02. The second kappa shape index (κ2) is 2.77. The molecule has 1 aromatic carbocycles. The highest BCUT2D eigenvalue weighted by atomic mass is 31.2. The molecule has 3 atom stereocenters. The van der Waals surface area contributed by atoms with Crippen molar-refractivity contribution in [3.63, 3.8) is 0 Å². The normalized spacial score (nSPS) is 42.7. The molecule has 0 spiro atoms. The number of benzene rings is 1. The fraction of sp³-hybridized carbons (Fsp3) is 0.538. The number of hydrogen-bond acceptors (Lipinski definition) is 1. The van der Waals surface area contributed by atoms with Gasteiger partial charge in [-0.2, -0.15) is 0 Å². The molecule has 1 aliphatic heterocycles. The van der Waals surface area contributed by atoms with Crippen molar-refractivity contribution in [1.82, 2.24) is 0 Å². The first-order valence-electron chi connectivity index (χ1n) is 5.67. The SMILES string of the molecule is Cc1ccc([P@@]2(=O)C[C@H]3C[C@@]3(C)C2)cc1. The third-order valence-corrected chi connectivity index (χ3v) is 7.68. The lowest BCUT2D eigenvalue weighted by atomic mass is 10.1. The average molecular weight is 220 g/mol. The lowest BCUT2D eigenvalue weighted by Gasteiger charge is -2.15. The fourth-order valence-electron chi connectivity index (χ4n) is 3.00. The summed E-state index contributed by atoms with van der Waals surface area (Å²) in [7, 11) is -2.01. The first-order valence-corrected chi connectivity index (χ1v) is 7.75. The molecule has 1 aliphatic carbocycles. The molecule has 1 nitrogen and oxygen atoms in total. The summed E-state index contributed by atoms with van der Waals surface area (Å²) < 4.78 is 12.8. The Morgan fingerprint density at radius 3 is 2.53 bits per heavy atom. The summed E-state index contributed by atoms with van der Waals surface area (Å²) >= 11 is 0. The maximum absolute atomic E-state index is 12.8. The van der Waals surface area contributed by atoms with Crippen molar-refractivity contribution in [3.05, 3.63) is 29.8 Å². The zero-order valence-electron chi connectivity index (χ0n) is 9.36. The number of fused-ring (bicyclic) bond motifs is 1. The number of aryl methyl sites for hydroxylation is 1. The summed E-state index contributed by atoms with van der Waals surface area (Å²) in [5, 5.41) is 1.11. The Balaban J connectivity index is 1.95. The molecular formula is C13H17OP. The van der Waals surface area contributed by atoms with E-state index in [4.69, 9.17) is 0 Å². The van der Waals surface area contributed by atoms with Gasteiger partial charge in [-0.3, -0.25) is 0 Å². The van der Waals surface area contributed by atoms with Crippen molar-refractivity contribution in [3.8, 4) is 0 Å². The summed E-state index contributed by atoms with van der Waals surface area (Å²) in [5.74, 6) is 0.754. The minimum absolute atomic E-state index is 0.431. The largest absolute Gasteiger partial charge is 0.319 e. The van der Waals surface area contributed by atoms with Crippen LogP contribution in [0.5, 0.6) is 0 Å². The maximum Gasteiger partial charge on any atom is 0.116 e. The molecule has 1 aromatic rings. The van der Waals surface area contributed by atoms with E-state index >= 15 is 0 Å². The van der Waals surface area contributed by atoms with Crippen molar-refractivity contribution in [2.75, 3.05) is 12.3 Å². The maximum atomic E-state index is 12.8. The van der Waals surface area contributed by atoms with Crippen LogP contribution in [0.2, 0.25) is 0 Å². The van der Waals surface area contributed by atoms with E-state index in [9.17, 15) is 4.57 Å². The van der Waals surface area contributed by atoms with E-state index in [2.05, 4.69) is 38.1 Å². The van der Waals surface area contributed by atoms with Crippen molar-refractivity contribution >= 4 is 12.4 Å². The average Bonchev–Trinajstić information content (AvgIpc) is 2.67. The van der Waals surface area contributed by atoms with Crippen LogP contribution in [0, 0.1) is 18.3 Å². The second-order valence-corrected chi connectivity index (χ2v) is 8.60. The van der Waals surface area contributed by atoms with Gasteiger partial charge in [0.2, 0.25) is 0 Å². The van der Waals surface area contributed by atoms with Gasteiger partial charge >= 0.3 is 0 Å². The zero-order chi connectivity index (χ0) is 10.7. The molecule has 0 radical (unpaired) electrons. The monoisotopic (exact) mass is 220 g/mol. The molecule has 0 N–H and O–H groups in total. The van der Waals surface area contributed by atoms with E-state index in [-0.39, 0.29) is 0 Å². The third kappa shape index (κ3) is 1.40. The molecule has 0 bridgehead atoms. The predicted molar refractivity (Wildman–Crippen MR) is 64.4 cm³/mol. The Labute approximate surface area is 91.3 Å². The van der Waals surface area contributed by atoms with Crippen LogP contribution >= 0.6 is 7.14 Å².